The highest BCUT2D eigenvalue weighted by molar-refractivity contribution is 6.31. The first-order valence-corrected chi connectivity index (χ1v) is 6.54. The number of aromatic nitrogens is 2. The van der Waals surface area contributed by atoms with Crippen molar-refractivity contribution >= 4 is 23.3 Å². The van der Waals surface area contributed by atoms with Gasteiger partial charge in [-0.1, -0.05) is 29.8 Å². The van der Waals surface area contributed by atoms with Crippen LogP contribution in [0, 0.1) is 0 Å². The summed E-state index contributed by atoms with van der Waals surface area (Å²) < 4.78 is 0. The number of nitrogens with one attached hydrogen (secondary N) is 2. The van der Waals surface area contributed by atoms with Gasteiger partial charge in [-0.15, -0.1) is 0 Å². The largest absolute Gasteiger partial charge is 0.372 e. The van der Waals surface area contributed by atoms with Gasteiger partial charge in [0.05, 0.1) is 18.4 Å². The number of anilines is 1. The lowest BCUT2D eigenvalue weighted by Crippen LogP contribution is -2.27. The molecule has 6 heteroatoms. The molecule has 1 unspecified atom stereocenters. The van der Waals surface area contributed by atoms with Crippen LogP contribution in [0.1, 0.15) is 29.0 Å². The maximum Gasteiger partial charge on any atom is 0.272 e. The fourth-order valence-electron chi connectivity index (χ4n) is 1.77. The molecule has 1 heterocycles. The summed E-state index contributed by atoms with van der Waals surface area (Å²) in [7, 11) is 1.72. The molecule has 0 aliphatic rings. The second kappa shape index (κ2) is 6.34. The number of hydrogen-bond donors (Lipinski definition) is 2. The third-order valence-electron chi connectivity index (χ3n) is 2.84. The molecule has 2 rings (SSSR count). The van der Waals surface area contributed by atoms with Crippen LogP contribution in [-0.2, 0) is 0 Å². The zero-order chi connectivity index (χ0) is 14.5. The van der Waals surface area contributed by atoms with Gasteiger partial charge in [-0.3, -0.25) is 9.78 Å². The summed E-state index contributed by atoms with van der Waals surface area (Å²) in [6.07, 6.45) is 2.98. The van der Waals surface area contributed by atoms with Crippen molar-refractivity contribution in [1.29, 1.82) is 0 Å². The Morgan fingerprint density at radius 2 is 2.05 bits per heavy atom. The maximum absolute atomic E-state index is 12.1. The van der Waals surface area contributed by atoms with E-state index < -0.39 is 0 Å². The van der Waals surface area contributed by atoms with Crippen molar-refractivity contribution in [2.24, 2.45) is 0 Å². The first-order chi connectivity index (χ1) is 9.61. The fraction of sp³-hybridized carbons (Fsp3) is 0.214. The van der Waals surface area contributed by atoms with Crippen LogP contribution in [0.4, 0.5) is 5.82 Å². The number of carbonyl (C=O) groups excluding carboxylic acids is 1. The molecule has 2 N–H and O–H groups in total. The van der Waals surface area contributed by atoms with Gasteiger partial charge in [0.2, 0.25) is 0 Å². The van der Waals surface area contributed by atoms with Crippen LogP contribution in [0.25, 0.3) is 0 Å². The number of halogens is 1. The van der Waals surface area contributed by atoms with Crippen molar-refractivity contribution in [3.05, 3.63) is 52.9 Å². The summed E-state index contributed by atoms with van der Waals surface area (Å²) >= 11 is 6.11. The van der Waals surface area contributed by atoms with Crippen molar-refractivity contribution < 1.29 is 4.79 Å². The normalized spacial score (nSPS) is 11.8. The fourth-order valence-corrected chi connectivity index (χ4v) is 2.07. The Hall–Kier alpha value is -2.14. The molecule has 1 amide bonds. The van der Waals surface area contributed by atoms with Crippen LogP contribution in [0.15, 0.2) is 36.7 Å². The average Bonchev–Trinajstić information content (AvgIpc) is 2.47. The number of hydrogen-bond acceptors (Lipinski definition) is 4. The third kappa shape index (κ3) is 3.24. The summed E-state index contributed by atoms with van der Waals surface area (Å²) in [6, 6.07) is 7.19. The van der Waals surface area contributed by atoms with Gasteiger partial charge >= 0.3 is 0 Å². The number of rotatable bonds is 4. The highest BCUT2D eigenvalue weighted by Crippen LogP contribution is 2.22. The minimum Gasteiger partial charge on any atom is -0.372 e. The smallest absolute Gasteiger partial charge is 0.272 e. The number of carbonyl (C=O) groups is 1. The molecule has 0 aliphatic heterocycles. The van der Waals surface area contributed by atoms with E-state index in [4.69, 9.17) is 11.6 Å². The summed E-state index contributed by atoms with van der Waals surface area (Å²) in [6.45, 7) is 1.87. The van der Waals surface area contributed by atoms with Gasteiger partial charge in [0.25, 0.3) is 5.91 Å². The first kappa shape index (κ1) is 14.3. The molecule has 1 aromatic heterocycles. The number of nitrogens with zero attached hydrogens (tertiary/aromatic N) is 2. The molecular formula is C14H15ClN4O. The Labute approximate surface area is 122 Å². The Bertz CT molecular complexity index is 618. The number of amides is 1. The molecule has 0 fully saturated rings. The van der Waals surface area contributed by atoms with Crippen LogP contribution < -0.4 is 10.6 Å². The summed E-state index contributed by atoms with van der Waals surface area (Å²) in [5.74, 6) is 0.255. The van der Waals surface area contributed by atoms with Gasteiger partial charge < -0.3 is 10.6 Å². The van der Waals surface area contributed by atoms with Crippen LogP contribution >= 0.6 is 11.6 Å². The van der Waals surface area contributed by atoms with Crippen molar-refractivity contribution in [3.63, 3.8) is 0 Å². The molecule has 0 spiro atoms. The van der Waals surface area contributed by atoms with Gasteiger partial charge in [0.15, 0.2) is 0 Å². The summed E-state index contributed by atoms with van der Waals surface area (Å²) in [5.41, 5.74) is 1.12. The van der Waals surface area contributed by atoms with E-state index >= 15 is 0 Å². The summed E-state index contributed by atoms with van der Waals surface area (Å²) in [4.78, 5) is 20.2. The lowest BCUT2D eigenvalue weighted by atomic mass is 10.1. The highest BCUT2D eigenvalue weighted by atomic mass is 35.5. The van der Waals surface area contributed by atoms with Crippen LogP contribution in [0.2, 0.25) is 5.02 Å². The van der Waals surface area contributed by atoms with Gasteiger partial charge in [-0.05, 0) is 18.6 Å². The molecule has 0 saturated carbocycles. The molecule has 1 aromatic carbocycles. The minimum absolute atomic E-state index is 0.212. The van der Waals surface area contributed by atoms with Crippen molar-refractivity contribution in [3.8, 4) is 0 Å². The average molecular weight is 291 g/mol. The monoisotopic (exact) mass is 290 g/mol. The van der Waals surface area contributed by atoms with E-state index in [1.54, 1.807) is 19.3 Å². The lowest BCUT2D eigenvalue weighted by molar-refractivity contribution is 0.0934. The van der Waals surface area contributed by atoms with Gasteiger partial charge in [-0.25, -0.2) is 4.98 Å². The maximum atomic E-state index is 12.1. The molecule has 2 aromatic rings. The minimum atomic E-state index is -0.290. The Kier molecular flexibility index (Phi) is 4.53. The quantitative estimate of drug-likeness (QED) is 0.908. The Morgan fingerprint density at radius 3 is 2.75 bits per heavy atom. The van der Waals surface area contributed by atoms with Crippen molar-refractivity contribution in [1.82, 2.24) is 15.3 Å². The van der Waals surface area contributed by atoms with E-state index in [-0.39, 0.29) is 17.6 Å². The first-order valence-electron chi connectivity index (χ1n) is 6.17. The number of benzene rings is 1. The predicted molar refractivity (Wildman–Crippen MR) is 78.9 cm³/mol. The van der Waals surface area contributed by atoms with E-state index in [1.807, 2.05) is 25.1 Å². The third-order valence-corrected chi connectivity index (χ3v) is 3.19. The van der Waals surface area contributed by atoms with Crippen molar-refractivity contribution in [2.75, 3.05) is 12.4 Å². The molecule has 20 heavy (non-hydrogen) atoms. The SMILES string of the molecule is CNc1cncc(C(=O)NC(C)c2ccccc2Cl)n1. The van der Waals surface area contributed by atoms with E-state index in [0.29, 0.717) is 10.8 Å². The molecule has 0 bridgehead atoms. The molecular weight excluding hydrogens is 276 g/mol. The van der Waals surface area contributed by atoms with Gasteiger partial charge in [-0.2, -0.15) is 0 Å². The molecule has 1 atom stereocenters. The second-order valence-corrected chi connectivity index (χ2v) is 4.66. The van der Waals surface area contributed by atoms with E-state index in [1.165, 1.54) is 6.20 Å². The Morgan fingerprint density at radius 1 is 1.30 bits per heavy atom. The topological polar surface area (TPSA) is 66.9 Å². The van der Waals surface area contributed by atoms with E-state index in [0.717, 1.165) is 5.56 Å². The molecule has 0 aliphatic carbocycles. The lowest BCUT2D eigenvalue weighted by Gasteiger charge is -2.15. The van der Waals surface area contributed by atoms with Gasteiger partial charge in [0, 0.05) is 12.1 Å². The van der Waals surface area contributed by atoms with E-state index in [9.17, 15) is 4.79 Å². The zero-order valence-electron chi connectivity index (χ0n) is 11.2. The predicted octanol–water partition coefficient (Wildman–Crippen LogP) is 2.66. The Balaban J connectivity index is 2.13. The van der Waals surface area contributed by atoms with Crippen LogP contribution in [0.3, 0.4) is 0 Å². The molecule has 0 radical (unpaired) electrons. The van der Waals surface area contributed by atoms with E-state index in [2.05, 4.69) is 20.6 Å². The van der Waals surface area contributed by atoms with Crippen LogP contribution in [0.5, 0.6) is 0 Å². The zero-order valence-corrected chi connectivity index (χ0v) is 12.0. The molecule has 0 saturated heterocycles. The highest BCUT2D eigenvalue weighted by Gasteiger charge is 2.15. The van der Waals surface area contributed by atoms with Crippen LogP contribution in [-0.4, -0.2) is 22.9 Å². The molecule has 104 valence electrons. The molecule has 5 nitrogen and oxygen atoms in total. The standard InChI is InChI=1S/C14H15ClN4O/c1-9(10-5-3-4-6-11(10)15)18-14(20)12-7-17-8-13(16-2)19-12/h3-9H,1-2H3,(H,16,19)(H,18,20). The second-order valence-electron chi connectivity index (χ2n) is 4.26. The van der Waals surface area contributed by atoms with Gasteiger partial charge in [0.1, 0.15) is 11.5 Å². The van der Waals surface area contributed by atoms with Crippen molar-refractivity contribution in [2.45, 2.75) is 13.0 Å². The summed E-state index contributed by atoms with van der Waals surface area (Å²) in [5, 5.41) is 6.31.